The minimum atomic E-state index is 0.688. The van der Waals surface area contributed by atoms with Gasteiger partial charge in [-0.2, -0.15) is 0 Å². The maximum absolute atomic E-state index is 5.17. The molecular formula is C18H22N4O. The van der Waals surface area contributed by atoms with Crippen molar-refractivity contribution in [2.24, 2.45) is 0 Å². The zero-order chi connectivity index (χ0) is 16.1. The summed E-state index contributed by atoms with van der Waals surface area (Å²) in [5.41, 5.74) is 4.34. The molecule has 5 nitrogen and oxygen atoms in total. The highest BCUT2D eigenvalue weighted by molar-refractivity contribution is 5.74. The molecular weight excluding hydrogens is 288 g/mol. The van der Waals surface area contributed by atoms with Crippen LogP contribution >= 0.6 is 0 Å². The van der Waals surface area contributed by atoms with Crippen molar-refractivity contribution in [2.45, 2.75) is 32.9 Å². The Morgan fingerprint density at radius 3 is 2.70 bits per heavy atom. The zero-order valence-corrected chi connectivity index (χ0v) is 13.6. The topological polar surface area (TPSA) is 62.8 Å². The van der Waals surface area contributed by atoms with Crippen LogP contribution in [0.3, 0.4) is 0 Å². The van der Waals surface area contributed by atoms with E-state index in [0.29, 0.717) is 6.54 Å². The van der Waals surface area contributed by atoms with Crippen molar-refractivity contribution in [3.63, 3.8) is 0 Å². The number of aryl methyl sites for hydroxylation is 1. The van der Waals surface area contributed by atoms with Crippen molar-refractivity contribution in [1.29, 1.82) is 0 Å². The van der Waals surface area contributed by atoms with Crippen LogP contribution in [0.2, 0.25) is 0 Å². The van der Waals surface area contributed by atoms with Crippen molar-refractivity contribution in [3.8, 4) is 5.75 Å². The van der Waals surface area contributed by atoms with Gasteiger partial charge in [0.15, 0.2) is 5.65 Å². The molecule has 3 aromatic rings. The molecule has 0 saturated carbocycles. The fourth-order valence-corrected chi connectivity index (χ4v) is 2.63. The highest BCUT2D eigenvalue weighted by Gasteiger charge is 2.07. The monoisotopic (exact) mass is 310 g/mol. The number of methoxy groups -OCH3 is 1. The number of aromatic amines is 1. The number of hydrogen-bond donors (Lipinski definition) is 2. The van der Waals surface area contributed by atoms with Gasteiger partial charge in [0, 0.05) is 12.7 Å². The summed E-state index contributed by atoms with van der Waals surface area (Å²) in [5, 5.41) is 3.41. The molecule has 23 heavy (non-hydrogen) atoms. The highest BCUT2D eigenvalue weighted by Crippen LogP contribution is 2.16. The van der Waals surface area contributed by atoms with E-state index in [1.165, 1.54) is 11.1 Å². The van der Waals surface area contributed by atoms with Gasteiger partial charge in [-0.15, -0.1) is 0 Å². The maximum atomic E-state index is 5.17. The van der Waals surface area contributed by atoms with Crippen LogP contribution in [0.1, 0.15) is 30.3 Å². The Bertz CT molecular complexity index is 764. The van der Waals surface area contributed by atoms with Gasteiger partial charge < -0.3 is 15.0 Å². The molecule has 2 N–H and O–H groups in total. The molecule has 0 bridgehead atoms. The van der Waals surface area contributed by atoms with E-state index in [1.807, 2.05) is 18.3 Å². The Morgan fingerprint density at radius 2 is 1.96 bits per heavy atom. The lowest BCUT2D eigenvalue weighted by atomic mass is 10.1. The third-order valence-corrected chi connectivity index (χ3v) is 3.82. The van der Waals surface area contributed by atoms with E-state index in [1.54, 1.807) is 7.11 Å². The summed E-state index contributed by atoms with van der Waals surface area (Å²) in [7, 11) is 1.68. The van der Waals surface area contributed by atoms with Gasteiger partial charge in [0.1, 0.15) is 17.1 Å². The number of nitrogens with zero attached hydrogens (tertiary/aromatic N) is 2. The van der Waals surface area contributed by atoms with Gasteiger partial charge in [-0.1, -0.05) is 25.5 Å². The highest BCUT2D eigenvalue weighted by atomic mass is 16.5. The lowest BCUT2D eigenvalue weighted by molar-refractivity contribution is 0.414. The van der Waals surface area contributed by atoms with Crippen LogP contribution in [0.25, 0.3) is 11.2 Å². The lowest BCUT2D eigenvalue weighted by Gasteiger charge is -2.04. The first-order valence-corrected chi connectivity index (χ1v) is 7.96. The van der Waals surface area contributed by atoms with E-state index in [0.717, 1.165) is 42.1 Å². The number of ether oxygens (including phenoxy) is 1. The van der Waals surface area contributed by atoms with Crippen molar-refractivity contribution in [2.75, 3.05) is 7.11 Å². The van der Waals surface area contributed by atoms with E-state index in [2.05, 4.69) is 45.4 Å². The van der Waals surface area contributed by atoms with Crippen LogP contribution in [0, 0.1) is 0 Å². The van der Waals surface area contributed by atoms with Crippen LogP contribution in [-0.2, 0) is 19.5 Å². The molecule has 0 unspecified atom stereocenters. The molecule has 2 heterocycles. The Labute approximate surface area is 136 Å². The first-order chi connectivity index (χ1) is 11.3. The molecule has 0 aliphatic rings. The normalized spacial score (nSPS) is 11.0. The summed E-state index contributed by atoms with van der Waals surface area (Å²) in [4.78, 5) is 12.4. The molecule has 2 aromatic heterocycles. The molecule has 5 heteroatoms. The SMILES string of the molecule is CCCc1ccnc2[nH]c(CNCc3ccc(OC)cc3)nc12. The van der Waals surface area contributed by atoms with E-state index in [-0.39, 0.29) is 0 Å². The fraction of sp³-hybridized carbons (Fsp3) is 0.333. The summed E-state index contributed by atoms with van der Waals surface area (Å²) < 4.78 is 5.17. The first-order valence-electron chi connectivity index (χ1n) is 7.96. The number of benzene rings is 1. The molecule has 0 aliphatic heterocycles. The molecule has 0 saturated heterocycles. The van der Waals surface area contributed by atoms with Crippen LogP contribution in [-0.4, -0.2) is 22.1 Å². The number of fused-ring (bicyclic) bond motifs is 1. The minimum absolute atomic E-state index is 0.688. The Kier molecular flexibility index (Phi) is 4.88. The van der Waals surface area contributed by atoms with E-state index in [4.69, 9.17) is 4.74 Å². The summed E-state index contributed by atoms with van der Waals surface area (Å²) >= 11 is 0. The summed E-state index contributed by atoms with van der Waals surface area (Å²) in [6.07, 6.45) is 3.99. The van der Waals surface area contributed by atoms with E-state index >= 15 is 0 Å². The largest absolute Gasteiger partial charge is 0.497 e. The van der Waals surface area contributed by atoms with Crippen LogP contribution < -0.4 is 10.1 Å². The molecule has 0 fully saturated rings. The molecule has 0 radical (unpaired) electrons. The predicted octanol–water partition coefficient (Wildman–Crippen LogP) is 3.21. The average Bonchev–Trinajstić information content (AvgIpc) is 3.00. The summed E-state index contributed by atoms with van der Waals surface area (Å²) in [6, 6.07) is 10.1. The second-order valence-corrected chi connectivity index (χ2v) is 5.55. The van der Waals surface area contributed by atoms with Crippen molar-refractivity contribution in [3.05, 3.63) is 53.5 Å². The van der Waals surface area contributed by atoms with Gasteiger partial charge in [0.2, 0.25) is 0 Å². The van der Waals surface area contributed by atoms with Crippen molar-refractivity contribution < 1.29 is 4.74 Å². The number of aromatic nitrogens is 3. The van der Waals surface area contributed by atoms with Crippen LogP contribution in [0.5, 0.6) is 5.75 Å². The molecule has 3 rings (SSSR count). The van der Waals surface area contributed by atoms with Crippen molar-refractivity contribution >= 4 is 11.2 Å². The predicted molar refractivity (Wildman–Crippen MR) is 91.4 cm³/mol. The van der Waals surface area contributed by atoms with Gasteiger partial charge in [-0.3, -0.25) is 0 Å². The number of rotatable bonds is 7. The maximum Gasteiger partial charge on any atom is 0.157 e. The number of imidazole rings is 1. The third-order valence-electron chi connectivity index (χ3n) is 3.82. The number of H-pyrrole nitrogens is 1. The summed E-state index contributed by atoms with van der Waals surface area (Å²) in [6.45, 7) is 3.65. The van der Waals surface area contributed by atoms with Gasteiger partial charge in [-0.05, 0) is 35.7 Å². The molecule has 0 atom stereocenters. The molecule has 0 amide bonds. The lowest BCUT2D eigenvalue weighted by Crippen LogP contribution is -2.13. The van der Waals surface area contributed by atoms with Gasteiger partial charge in [-0.25, -0.2) is 9.97 Å². The van der Waals surface area contributed by atoms with Crippen molar-refractivity contribution in [1.82, 2.24) is 20.3 Å². The third kappa shape index (κ3) is 3.68. The smallest absolute Gasteiger partial charge is 0.157 e. The van der Waals surface area contributed by atoms with E-state index < -0.39 is 0 Å². The number of nitrogens with one attached hydrogen (secondary N) is 2. The Hall–Kier alpha value is -2.40. The minimum Gasteiger partial charge on any atom is -0.497 e. The van der Waals surface area contributed by atoms with Crippen LogP contribution in [0.15, 0.2) is 36.5 Å². The fourth-order valence-electron chi connectivity index (χ4n) is 2.63. The molecule has 120 valence electrons. The molecule has 0 aliphatic carbocycles. The number of pyridine rings is 1. The second-order valence-electron chi connectivity index (χ2n) is 5.55. The second kappa shape index (κ2) is 7.24. The number of hydrogen-bond acceptors (Lipinski definition) is 4. The van der Waals surface area contributed by atoms with Gasteiger partial charge >= 0.3 is 0 Å². The Morgan fingerprint density at radius 1 is 1.13 bits per heavy atom. The van der Waals surface area contributed by atoms with Gasteiger partial charge in [0.25, 0.3) is 0 Å². The molecule has 0 spiro atoms. The standard InChI is InChI=1S/C18H22N4O/c1-3-4-14-9-10-20-18-17(14)21-16(22-18)12-19-11-13-5-7-15(23-2)8-6-13/h5-10,19H,3-4,11-12H2,1-2H3,(H,20,21,22). The van der Waals surface area contributed by atoms with Crippen LogP contribution in [0.4, 0.5) is 0 Å². The molecule has 1 aromatic carbocycles. The van der Waals surface area contributed by atoms with Gasteiger partial charge in [0.05, 0.1) is 13.7 Å². The quantitative estimate of drug-likeness (QED) is 0.703. The summed E-state index contributed by atoms with van der Waals surface area (Å²) in [5.74, 6) is 1.80. The average molecular weight is 310 g/mol. The van der Waals surface area contributed by atoms with E-state index in [9.17, 15) is 0 Å². The first kappa shape index (κ1) is 15.5. The zero-order valence-electron chi connectivity index (χ0n) is 13.6. The Balaban J connectivity index is 1.63.